The van der Waals surface area contributed by atoms with Gasteiger partial charge in [-0.25, -0.2) is 14.4 Å². The quantitative estimate of drug-likeness (QED) is 0.894. The average Bonchev–Trinajstić information content (AvgIpc) is 2.61. The van der Waals surface area contributed by atoms with Crippen molar-refractivity contribution in [2.75, 3.05) is 40.3 Å². The molecule has 1 saturated heterocycles. The highest BCUT2D eigenvalue weighted by Crippen LogP contribution is 2.22. The van der Waals surface area contributed by atoms with Crippen LogP contribution in [0.2, 0.25) is 0 Å². The molecule has 130 valence electrons. The van der Waals surface area contributed by atoms with Crippen molar-refractivity contribution in [2.45, 2.75) is 19.4 Å². The van der Waals surface area contributed by atoms with Crippen LogP contribution in [0.5, 0.6) is 5.88 Å². The van der Waals surface area contributed by atoms with Gasteiger partial charge in [0.05, 0.1) is 24.3 Å². The van der Waals surface area contributed by atoms with Crippen LogP contribution in [-0.4, -0.2) is 66.3 Å². The summed E-state index contributed by atoms with van der Waals surface area (Å²) in [5.41, 5.74) is 5.09. The molecule has 3 heterocycles. The molecular formula is C17H24FN5O. The van der Waals surface area contributed by atoms with Gasteiger partial charge in [0.2, 0.25) is 5.88 Å². The largest absolute Gasteiger partial charge is 0.481 e. The van der Waals surface area contributed by atoms with E-state index in [0.717, 1.165) is 26.2 Å². The normalized spacial score (nSPS) is 19.8. The van der Waals surface area contributed by atoms with E-state index in [-0.39, 0.29) is 5.82 Å². The Morgan fingerprint density at radius 3 is 2.92 bits per heavy atom. The minimum Gasteiger partial charge on any atom is -0.481 e. The van der Waals surface area contributed by atoms with Crippen LogP contribution in [0, 0.1) is 5.82 Å². The summed E-state index contributed by atoms with van der Waals surface area (Å²) in [5.74, 6) is 0.178. The monoisotopic (exact) mass is 333 g/mol. The van der Waals surface area contributed by atoms with Gasteiger partial charge in [0.15, 0.2) is 0 Å². The van der Waals surface area contributed by atoms with Gasteiger partial charge in [-0.15, -0.1) is 0 Å². The Morgan fingerprint density at radius 1 is 1.38 bits per heavy atom. The van der Waals surface area contributed by atoms with Gasteiger partial charge in [-0.3, -0.25) is 15.3 Å². The number of nitrogens with zero attached hydrogens (tertiary/aromatic N) is 4. The molecule has 1 fully saturated rings. The van der Waals surface area contributed by atoms with Crippen LogP contribution >= 0.6 is 0 Å². The predicted molar refractivity (Wildman–Crippen MR) is 91.4 cm³/mol. The van der Waals surface area contributed by atoms with Crippen LogP contribution in [0.15, 0.2) is 18.3 Å². The number of pyridine rings is 2. The van der Waals surface area contributed by atoms with Gasteiger partial charge < -0.3 is 4.74 Å². The molecule has 0 bridgehead atoms. The van der Waals surface area contributed by atoms with E-state index in [0.29, 0.717) is 34.9 Å². The Kier molecular flexibility index (Phi) is 5.23. The lowest BCUT2D eigenvalue weighted by Gasteiger charge is -2.39. The Hall–Kier alpha value is -1.83. The Morgan fingerprint density at radius 2 is 2.21 bits per heavy atom. The van der Waals surface area contributed by atoms with E-state index in [1.807, 2.05) is 13.1 Å². The summed E-state index contributed by atoms with van der Waals surface area (Å²) < 4.78 is 19.5. The van der Waals surface area contributed by atoms with Crippen LogP contribution in [0.25, 0.3) is 11.0 Å². The second kappa shape index (κ2) is 7.38. The van der Waals surface area contributed by atoms with Crippen LogP contribution < -0.4 is 10.2 Å². The zero-order valence-corrected chi connectivity index (χ0v) is 14.4. The number of hydrogen-bond donors (Lipinski definition) is 1. The molecule has 1 atom stereocenters. The fraction of sp³-hybridized carbons (Fsp3) is 0.529. The lowest BCUT2D eigenvalue weighted by molar-refractivity contribution is 0.0575. The first-order chi connectivity index (χ1) is 11.6. The molecule has 24 heavy (non-hydrogen) atoms. The Bertz CT molecular complexity index is 711. The van der Waals surface area contributed by atoms with Gasteiger partial charge in [-0.05, 0) is 26.5 Å². The smallest absolute Gasteiger partial charge is 0.213 e. The fourth-order valence-corrected chi connectivity index (χ4v) is 3.21. The Labute approximate surface area is 141 Å². The lowest BCUT2D eigenvalue weighted by atomic mass is 10.1. The number of rotatable bonds is 5. The molecule has 2 aromatic heterocycles. The molecule has 0 spiro atoms. The minimum atomic E-state index is -0.301. The zero-order chi connectivity index (χ0) is 17.1. The first-order valence-electron chi connectivity index (χ1n) is 8.27. The maximum Gasteiger partial charge on any atom is 0.213 e. The van der Waals surface area contributed by atoms with Gasteiger partial charge in [0.1, 0.15) is 5.82 Å². The number of aromatic nitrogens is 2. The summed E-state index contributed by atoms with van der Waals surface area (Å²) in [7, 11) is 3.50. The molecule has 0 amide bonds. The van der Waals surface area contributed by atoms with Crippen molar-refractivity contribution in [3.05, 3.63) is 29.7 Å². The molecule has 1 aliphatic rings. The van der Waals surface area contributed by atoms with Crippen molar-refractivity contribution >= 4 is 11.0 Å². The maximum atomic E-state index is 14.3. The molecule has 0 radical (unpaired) electrons. The van der Waals surface area contributed by atoms with Gasteiger partial charge >= 0.3 is 0 Å². The van der Waals surface area contributed by atoms with Crippen molar-refractivity contribution in [1.82, 2.24) is 25.3 Å². The standard InChI is InChI=1S/C17H24FN5O/c1-12-11-23(19-2)9-8-22(12)7-6-13-14(18)10-20-15-4-5-16(24-3)21-17(13)15/h4-5,10,12,19H,6-9,11H2,1-3H3. The van der Waals surface area contributed by atoms with E-state index < -0.39 is 0 Å². The van der Waals surface area contributed by atoms with E-state index >= 15 is 0 Å². The van der Waals surface area contributed by atoms with E-state index in [9.17, 15) is 4.39 Å². The second-order valence-corrected chi connectivity index (χ2v) is 6.11. The molecule has 0 aromatic carbocycles. The molecule has 0 saturated carbocycles. The van der Waals surface area contributed by atoms with Crippen molar-refractivity contribution in [3.63, 3.8) is 0 Å². The zero-order valence-electron chi connectivity index (χ0n) is 14.4. The van der Waals surface area contributed by atoms with Crippen LogP contribution in [-0.2, 0) is 6.42 Å². The number of ether oxygens (including phenoxy) is 1. The molecule has 0 aliphatic carbocycles. The number of nitrogens with one attached hydrogen (secondary N) is 1. The van der Waals surface area contributed by atoms with E-state index in [1.165, 1.54) is 6.20 Å². The molecule has 7 heteroatoms. The molecular weight excluding hydrogens is 309 g/mol. The number of methoxy groups -OCH3 is 1. The van der Waals surface area contributed by atoms with Gasteiger partial charge in [-0.2, -0.15) is 0 Å². The highest BCUT2D eigenvalue weighted by molar-refractivity contribution is 5.78. The number of fused-ring (bicyclic) bond motifs is 1. The van der Waals surface area contributed by atoms with Gasteiger partial charge in [0, 0.05) is 43.9 Å². The van der Waals surface area contributed by atoms with Crippen LogP contribution in [0.4, 0.5) is 4.39 Å². The molecule has 2 aromatic rings. The van der Waals surface area contributed by atoms with Crippen molar-refractivity contribution < 1.29 is 9.13 Å². The van der Waals surface area contributed by atoms with Crippen LogP contribution in [0.3, 0.4) is 0 Å². The topological polar surface area (TPSA) is 53.5 Å². The molecule has 6 nitrogen and oxygen atoms in total. The van der Waals surface area contributed by atoms with E-state index in [4.69, 9.17) is 4.74 Å². The summed E-state index contributed by atoms with van der Waals surface area (Å²) in [6.07, 6.45) is 1.89. The number of piperazine rings is 1. The van der Waals surface area contributed by atoms with Crippen LogP contribution in [0.1, 0.15) is 12.5 Å². The second-order valence-electron chi connectivity index (χ2n) is 6.11. The SMILES string of the molecule is CNN1CCN(CCc2c(F)cnc3ccc(OC)nc23)C(C)C1. The highest BCUT2D eigenvalue weighted by atomic mass is 19.1. The van der Waals surface area contributed by atoms with E-state index in [2.05, 4.69) is 32.2 Å². The summed E-state index contributed by atoms with van der Waals surface area (Å²) in [4.78, 5) is 10.9. The molecule has 1 aliphatic heterocycles. The van der Waals surface area contributed by atoms with Crippen molar-refractivity contribution in [2.24, 2.45) is 0 Å². The van der Waals surface area contributed by atoms with Crippen molar-refractivity contribution in [1.29, 1.82) is 0 Å². The Balaban J connectivity index is 1.78. The summed E-state index contributed by atoms with van der Waals surface area (Å²) in [6.45, 7) is 5.89. The number of hydrazine groups is 1. The average molecular weight is 333 g/mol. The highest BCUT2D eigenvalue weighted by Gasteiger charge is 2.23. The minimum absolute atomic E-state index is 0.301. The first-order valence-corrected chi connectivity index (χ1v) is 8.27. The summed E-state index contributed by atoms with van der Waals surface area (Å²) in [6, 6.07) is 3.99. The number of hydrogen-bond acceptors (Lipinski definition) is 6. The van der Waals surface area contributed by atoms with Gasteiger partial charge in [-0.1, -0.05) is 0 Å². The lowest BCUT2D eigenvalue weighted by Crippen LogP contribution is -2.55. The predicted octanol–water partition coefficient (Wildman–Crippen LogP) is 1.46. The van der Waals surface area contributed by atoms with E-state index in [1.54, 1.807) is 13.2 Å². The maximum absolute atomic E-state index is 14.3. The molecule has 3 rings (SSSR count). The molecule has 1 unspecified atom stereocenters. The third-order valence-corrected chi connectivity index (χ3v) is 4.68. The molecule has 1 N–H and O–H groups in total. The fourth-order valence-electron chi connectivity index (χ4n) is 3.21. The summed E-state index contributed by atoms with van der Waals surface area (Å²) >= 11 is 0. The third kappa shape index (κ3) is 3.48. The first kappa shape index (κ1) is 17.0. The van der Waals surface area contributed by atoms with Gasteiger partial charge in [0.25, 0.3) is 0 Å². The third-order valence-electron chi connectivity index (χ3n) is 4.68. The van der Waals surface area contributed by atoms with Crippen molar-refractivity contribution in [3.8, 4) is 5.88 Å². The summed E-state index contributed by atoms with van der Waals surface area (Å²) in [5, 5.41) is 2.20. The number of halogens is 1.